The molecule has 1 aliphatic rings. The summed E-state index contributed by atoms with van der Waals surface area (Å²) in [4.78, 5) is 15.9. The van der Waals surface area contributed by atoms with Crippen LogP contribution in [0.3, 0.4) is 0 Å². The number of nitrogens with one attached hydrogen (secondary N) is 1. The maximum absolute atomic E-state index is 13.5. The molecule has 0 saturated carbocycles. The molecule has 1 fully saturated rings. The lowest BCUT2D eigenvalue weighted by Crippen LogP contribution is -2.38. The third-order valence-corrected chi connectivity index (χ3v) is 6.66. The summed E-state index contributed by atoms with van der Waals surface area (Å²) in [7, 11) is 0. The summed E-state index contributed by atoms with van der Waals surface area (Å²) in [6, 6.07) is 16.7. The molecule has 0 radical (unpaired) electrons. The van der Waals surface area contributed by atoms with E-state index in [2.05, 4.69) is 87.2 Å². The number of amides is 1. The first-order valence-corrected chi connectivity index (χ1v) is 12.4. The van der Waals surface area contributed by atoms with Gasteiger partial charge in [-0.15, -0.1) is 0 Å². The topological polar surface area (TPSA) is 46.5 Å². The van der Waals surface area contributed by atoms with E-state index in [1.54, 1.807) is 0 Å². The molecule has 1 aromatic heterocycles. The molecule has 2 aromatic carbocycles. The standard InChI is InChI=1S/C27H32BrN3O2/c1-20-4-8-23(9-5-20)25-21(2)18-31(19-22-6-10-24(28)11-7-22)26(25)27(32)29-12-3-13-30-14-16-33-17-15-30/h4-11,18H,3,12-17,19H2,1-2H3,(H,29,32). The van der Waals surface area contributed by atoms with Gasteiger partial charge in [-0.25, -0.2) is 0 Å². The number of ether oxygens (including phenoxy) is 1. The minimum absolute atomic E-state index is 0.0160. The van der Waals surface area contributed by atoms with Crippen molar-refractivity contribution < 1.29 is 9.53 Å². The normalized spacial score (nSPS) is 14.4. The van der Waals surface area contributed by atoms with Gasteiger partial charge in [0.2, 0.25) is 0 Å². The largest absolute Gasteiger partial charge is 0.379 e. The van der Waals surface area contributed by atoms with Crippen LogP contribution in [0.15, 0.2) is 59.2 Å². The highest BCUT2D eigenvalue weighted by Crippen LogP contribution is 2.30. The molecule has 1 amide bonds. The number of halogens is 1. The second-order valence-corrected chi connectivity index (χ2v) is 9.64. The van der Waals surface area contributed by atoms with Gasteiger partial charge in [0.05, 0.1) is 13.2 Å². The van der Waals surface area contributed by atoms with Gasteiger partial charge in [-0.2, -0.15) is 0 Å². The Hall–Kier alpha value is -2.41. The molecule has 4 rings (SSSR count). The number of hydrogen-bond acceptors (Lipinski definition) is 3. The highest BCUT2D eigenvalue weighted by Gasteiger charge is 2.21. The maximum atomic E-state index is 13.5. The van der Waals surface area contributed by atoms with Gasteiger partial charge in [-0.05, 0) is 55.6 Å². The molecule has 1 N–H and O–H groups in total. The number of aromatic nitrogens is 1. The van der Waals surface area contributed by atoms with Gasteiger partial charge >= 0.3 is 0 Å². The van der Waals surface area contributed by atoms with Crippen LogP contribution in [0.25, 0.3) is 11.1 Å². The first-order valence-electron chi connectivity index (χ1n) is 11.6. The summed E-state index contributed by atoms with van der Waals surface area (Å²) in [6.07, 6.45) is 3.03. The molecule has 0 bridgehead atoms. The molecule has 1 aliphatic heterocycles. The molecule has 6 heteroatoms. The Morgan fingerprint density at radius 2 is 1.73 bits per heavy atom. The first kappa shape index (κ1) is 23.7. The molecule has 0 unspecified atom stereocenters. The monoisotopic (exact) mass is 509 g/mol. The molecule has 0 aliphatic carbocycles. The van der Waals surface area contributed by atoms with Crippen molar-refractivity contribution >= 4 is 21.8 Å². The van der Waals surface area contributed by atoms with E-state index < -0.39 is 0 Å². The second kappa shape index (κ2) is 11.1. The lowest BCUT2D eigenvalue weighted by Gasteiger charge is -2.26. The zero-order chi connectivity index (χ0) is 23.2. The number of carbonyl (C=O) groups is 1. The van der Waals surface area contributed by atoms with Crippen LogP contribution in [0.1, 0.15) is 33.6 Å². The Morgan fingerprint density at radius 1 is 1.03 bits per heavy atom. The number of benzene rings is 2. The molecular formula is C27H32BrN3O2. The Morgan fingerprint density at radius 3 is 2.42 bits per heavy atom. The number of nitrogens with zero attached hydrogens (tertiary/aromatic N) is 2. The molecule has 0 spiro atoms. The number of hydrogen-bond donors (Lipinski definition) is 1. The van der Waals surface area contributed by atoms with Gasteiger partial charge in [0, 0.05) is 42.4 Å². The van der Waals surface area contributed by atoms with Crippen molar-refractivity contribution in [3.8, 4) is 11.1 Å². The summed E-state index contributed by atoms with van der Waals surface area (Å²) in [5.74, 6) is -0.0160. The number of carbonyl (C=O) groups excluding carboxylic acids is 1. The van der Waals surface area contributed by atoms with Gasteiger partial charge < -0.3 is 14.6 Å². The summed E-state index contributed by atoms with van der Waals surface area (Å²) in [5, 5.41) is 3.18. The minimum atomic E-state index is -0.0160. The van der Waals surface area contributed by atoms with Crippen LogP contribution in [0.2, 0.25) is 0 Å². The Balaban J connectivity index is 1.55. The van der Waals surface area contributed by atoms with Crippen LogP contribution in [0, 0.1) is 13.8 Å². The van der Waals surface area contributed by atoms with Gasteiger partial charge in [0.1, 0.15) is 5.69 Å². The van der Waals surface area contributed by atoms with E-state index in [1.807, 2.05) is 12.1 Å². The van der Waals surface area contributed by atoms with Crippen molar-refractivity contribution in [3.05, 3.63) is 81.6 Å². The van der Waals surface area contributed by atoms with E-state index in [0.29, 0.717) is 13.1 Å². The fourth-order valence-electron chi connectivity index (χ4n) is 4.35. The minimum Gasteiger partial charge on any atom is -0.379 e. The van der Waals surface area contributed by atoms with E-state index in [0.717, 1.165) is 71.7 Å². The lowest BCUT2D eigenvalue weighted by atomic mass is 10.0. The smallest absolute Gasteiger partial charge is 0.268 e. The van der Waals surface area contributed by atoms with E-state index in [9.17, 15) is 4.79 Å². The van der Waals surface area contributed by atoms with Crippen molar-refractivity contribution in [2.24, 2.45) is 0 Å². The zero-order valence-electron chi connectivity index (χ0n) is 19.4. The molecule has 0 atom stereocenters. The Labute approximate surface area is 204 Å². The SMILES string of the molecule is Cc1ccc(-c2c(C)cn(Cc3ccc(Br)cc3)c2C(=O)NCCCN2CCOCC2)cc1. The molecule has 2 heterocycles. The Bertz CT molecular complexity index is 1070. The average Bonchev–Trinajstić information content (AvgIpc) is 3.15. The average molecular weight is 510 g/mol. The van der Waals surface area contributed by atoms with Crippen LogP contribution in [0.4, 0.5) is 0 Å². The van der Waals surface area contributed by atoms with E-state index in [-0.39, 0.29) is 5.91 Å². The van der Waals surface area contributed by atoms with Gasteiger partial charge in [-0.1, -0.05) is 57.9 Å². The van der Waals surface area contributed by atoms with Crippen LogP contribution in [-0.2, 0) is 11.3 Å². The zero-order valence-corrected chi connectivity index (χ0v) is 21.0. The predicted octanol–water partition coefficient (Wildman–Crippen LogP) is 5.03. The lowest BCUT2D eigenvalue weighted by molar-refractivity contribution is 0.0374. The van der Waals surface area contributed by atoms with E-state index >= 15 is 0 Å². The molecule has 33 heavy (non-hydrogen) atoms. The quantitative estimate of drug-likeness (QED) is 0.433. The molecule has 1 saturated heterocycles. The highest BCUT2D eigenvalue weighted by atomic mass is 79.9. The predicted molar refractivity (Wildman–Crippen MR) is 137 cm³/mol. The summed E-state index contributed by atoms with van der Waals surface area (Å²) in [5.41, 5.74) is 6.29. The summed E-state index contributed by atoms with van der Waals surface area (Å²) < 4.78 is 8.56. The third kappa shape index (κ3) is 6.14. The van der Waals surface area contributed by atoms with Gasteiger partial charge in [0.25, 0.3) is 5.91 Å². The van der Waals surface area contributed by atoms with Crippen molar-refractivity contribution in [1.29, 1.82) is 0 Å². The maximum Gasteiger partial charge on any atom is 0.268 e. The fraction of sp³-hybridized carbons (Fsp3) is 0.370. The molecule has 174 valence electrons. The third-order valence-electron chi connectivity index (χ3n) is 6.13. The van der Waals surface area contributed by atoms with Crippen molar-refractivity contribution in [1.82, 2.24) is 14.8 Å². The summed E-state index contributed by atoms with van der Waals surface area (Å²) in [6.45, 7) is 10.0. The van der Waals surface area contributed by atoms with Gasteiger partial charge in [-0.3, -0.25) is 9.69 Å². The second-order valence-electron chi connectivity index (χ2n) is 8.72. The first-order chi connectivity index (χ1) is 16.0. The number of rotatable bonds is 8. The number of morpholine rings is 1. The van der Waals surface area contributed by atoms with Crippen molar-refractivity contribution in [2.45, 2.75) is 26.8 Å². The number of aryl methyl sites for hydroxylation is 2. The van der Waals surface area contributed by atoms with E-state index in [4.69, 9.17) is 4.74 Å². The van der Waals surface area contributed by atoms with Crippen LogP contribution in [-0.4, -0.2) is 54.8 Å². The van der Waals surface area contributed by atoms with Gasteiger partial charge in [0.15, 0.2) is 0 Å². The van der Waals surface area contributed by atoms with Crippen LogP contribution < -0.4 is 5.32 Å². The van der Waals surface area contributed by atoms with E-state index in [1.165, 1.54) is 5.56 Å². The van der Waals surface area contributed by atoms with Crippen molar-refractivity contribution in [2.75, 3.05) is 39.4 Å². The van der Waals surface area contributed by atoms with Crippen LogP contribution >= 0.6 is 15.9 Å². The molecule has 5 nitrogen and oxygen atoms in total. The molecular weight excluding hydrogens is 478 g/mol. The van der Waals surface area contributed by atoms with Crippen molar-refractivity contribution in [3.63, 3.8) is 0 Å². The fourth-order valence-corrected chi connectivity index (χ4v) is 4.61. The summed E-state index contributed by atoms with van der Waals surface area (Å²) >= 11 is 3.50. The molecule has 3 aromatic rings. The highest BCUT2D eigenvalue weighted by molar-refractivity contribution is 9.10. The van der Waals surface area contributed by atoms with Crippen LogP contribution in [0.5, 0.6) is 0 Å². The Kier molecular flexibility index (Phi) is 8.02.